The lowest BCUT2D eigenvalue weighted by Gasteiger charge is -2.25. The third-order valence-electron chi connectivity index (χ3n) is 3.50. The first-order chi connectivity index (χ1) is 9.82. The maximum atomic E-state index is 12.7. The Bertz CT molecular complexity index is 460. The second kappa shape index (κ2) is 8.28. The molecule has 21 heavy (non-hydrogen) atoms. The van der Waals surface area contributed by atoms with E-state index in [1.807, 2.05) is 4.90 Å². The summed E-state index contributed by atoms with van der Waals surface area (Å²) < 4.78 is 0. The van der Waals surface area contributed by atoms with Gasteiger partial charge in [0, 0.05) is 13.1 Å². The Morgan fingerprint density at radius 2 is 1.67 bits per heavy atom. The predicted molar refractivity (Wildman–Crippen MR) is 90.7 cm³/mol. The molecule has 1 amide bonds. The highest BCUT2D eigenvalue weighted by atomic mass is 35.5. The highest BCUT2D eigenvalue weighted by Gasteiger charge is 2.19. The number of nitrogens with zero attached hydrogens (tertiary/aromatic N) is 1. The fourth-order valence-electron chi connectivity index (χ4n) is 2.03. The zero-order valence-electron chi connectivity index (χ0n) is 13.5. The van der Waals surface area contributed by atoms with E-state index >= 15 is 0 Å². The summed E-state index contributed by atoms with van der Waals surface area (Å²) in [6.07, 6.45) is 1.98. The number of hydrogen-bond acceptors (Lipinski definition) is 2. The molecule has 0 heterocycles. The summed E-state index contributed by atoms with van der Waals surface area (Å²) in [6.45, 7) is 10.2. The van der Waals surface area contributed by atoms with E-state index in [0.717, 1.165) is 25.9 Å². The lowest BCUT2D eigenvalue weighted by atomic mass is 10.1. The van der Waals surface area contributed by atoms with Gasteiger partial charge in [0.1, 0.15) is 0 Å². The summed E-state index contributed by atoms with van der Waals surface area (Å²) >= 11 is 6.19. The Balaban J connectivity index is 2.89. The molecule has 0 fully saturated rings. The lowest BCUT2D eigenvalue weighted by Crippen LogP contribution is -2.34. The first-order valence-electron chi connectivity index (χ1n) is 7.66. The van der Waals surface area contributed by atoms with Gasteiger partial charge >= 0.3 is 0 Å². The van der Waals surface area contributed by atoms with Gasteiger partial charge in [-0.1, -0.05) is 45.4 Å². The zero-order chi connectivity index (χ0) is 16.0. The van der Waals surface area contributed by atoms with Gasteiger partial charge in [-0.15, -0.1) is 0 Å². The van der Waals surface area contributed by atoms with Crippen molar-refractivity contribution < 1.29 is 4.79 Å². The third-order valence-corrected chi connectivity index (χ3v) is 3.92. The van der Waals surface area contributed by atoms with Crippen LogP contribution in [0.15, 0.2) is 18.2 Å². The molecule has 3 nitrogen and oxygen atoms in total. The number of rotatable bonds is 7. The van der Waals surface area contributed by atoms with Crippen LogP contribution in [0.4, 0.5) is 5.69 Å². The fraction of sp³-hybridized carbons (Fsp3) is 0.588. The smallest absolute Gasteiger partial charge is 0.255 e. The number of anilines is 1. The molecule has 0 aliphatic carbocycles. The zero-order valence-corrected chi connectivity index (χ0v) is 14.3. The minimum atomic E-state index is -0.0198. The molecule has 2 N–H and O–H groups in total. The van der Waals surface area contributed by atoms with E-state index in [9.17, 15) is 4.79 Å². The van der Waals surface area contributed by atoms with Crippen LogP contribution in [0.1, 0.15) is 50.9 Å². The minimum Gasteiger partial charge on any atom is -0.398 e. The lowest BCUT2D eigenvalue weighted by molar-refractivity contribution is 0.0741. The van der Waals surface area contributed by atoms with E-state index in [0.29, 0.717) is 28.1 Å². The van der Waals surface area contributed by atoms with Gasteiger partial charge in [0.2, 0.25) is 0 Å². The van der Waals surface area contributed by atoms with Crippen molar-refractivity contribution in [2.75, 3.05) is 18.8 Å². The average molecular weight is 311 g/mol. The molecular formula is C17H27ClN2O. The van der Waals surface area contributed by atoms with Gasteiger partial charge in [-0.25, -0.2) is 0 Å². The van der Waals surface area contributed by atoms with Crippen LogP contribution in [0.2, 0.25) is 5.02 Å². The molecule has 1 rings (SSSR count). The molecule has 4 heteroatoms. The summed E-state index contributed by atoms with van der Waals surface area (Å²) in [6, 6.07) is 5.24. The van der Waals surface area contributed by atoms with Crippen molar-refractivity contribution >= 4 is 23.2 Å². The Kier molecular flexibility index (Phi) is 7.03. The van der Waals surface area contributed by atoms with E-state index in [4.69, 9.17) is 17.3 Å². The second-order valence-electron chi connectivity index (χ2n) is 6.37. The maximum Gasteiger partial charge on any atom is 0.255 e. The van der Waals surface area contributed by atoms with Crippen molar-refractivity contribution in [3.05, 3.63) is 28.8 Å². The second-order valence-corrected chi connectivity index (χ2v) is 6.74. The Morgan fingerprint density at radius 1 is 1.14 bits per heavy atom. The van der Waals surface area contributed by atoms with Crippen LogP contribution >= 0.6 is 11.6 Å². The number of benzene rings is 1. The van der Waals surface area contributed by atoms with Gasteiger partial charge in [-0.05, 0) is 36.8 Å². The molecule has 0 atom stereocenters. The molecule has 1 aromatic rings. The summed E-state index contributed by atoms with van der Waals surface area (Å²) in [5.41, 5.74) is 6.76. The van der Waals surface area contributed by atoms with Crippen molar-refractivity contribution in [1.82, 2.24) is 4.90 Å². The van der Waals surface area contributed by atoms with Crippen LogP contribution in [0.3, 0.4) is 0 Å². The van der Waals surface area contributed by atoms with Gasteiger partial charge in [0.15, 0.2) is 0 Å². The number of nitrogen functional groups attached to an aromatic ring is 1. The van der Waals surface area contributed by atoms with E-state index in [2.05, 4.69) is 27.7 Å². The largest absolute Gasteiger partial charge is 0.398 e. The van der Waals surface area contributed by atoms with Crippen LogP contribution in [0.25, 0.3) is 0 Å². The van der Waals surface area contributed by atoms with Gasteiger partial charge in [0.25, 0.3) is 5.91 Å². The van der Waals surface area contributed by atoms with Crippen LogP contribution < -0.4 is 5.73 Å². The normalized spacial score (nSPS) is 11.2. The van der Waals surface area contributed by atoms with E-state index in [-0.39, 0.29) is 5.91 Å². The number of carbonyl (C=O) groups is 1. The van der Waals surface area contributed by atoms with Crippen LogP contribution in [-0.2, 0) is 0 Å². The van der Waals surface area contributed by atoms with Crippen LogP contribution in [-0.4, -0.2) is 23.9 Å². The van der Waals surface area contributed by atoms with Gasteiger partial charge in [-0.2, -0.15) is 0 Å². The minimum absolute atomic E-state index is 0.0198. The molecule has 0 spiro atoms. The van der Waals surface area contributed by atoms with Gasteiger partial charge in [0.05, 0.1) is 16.3 Å². The maximum absolute atomic E-state index is 12.7. The molecular weight excluding hydrogens is 284 g/mol. The SMILES string of the molecule is CC(C)CCN(CCC(C)C)C(=O)c1cccc(N)c1Cl. The monoisotopic (exact) mass is 310 g/mol. The fourth-order valence-corrected chi connectivity index (χ4v) is 2.24. The Labute approximate surface area is 133 Å². The van der Waals surface area contributed by atoms with E-state index in [1.54, 1.807) is 18.2 Å². The Morgan fingerprint density at radius 3 is 2.14 bits per heavy atom. The topological polar surface area (TPSA) is 46.3 Å². The quantitative estimate of drug-likeness (QED) is 0.756. The summed E-state index contributed by atoms with van der Waals surface area (Å²) in [7, 11) is 0. The molecule has 0 aliphatic rings. The van der Waals surface area contributed by atoms with Gasteiger partial charge < -0.3 is 10.6 Å². The van der Waals surface area contributed by atoms with Crippen LogP contribution in [0.5, 0.6) is 0 Å². The van der Waals surface area contributed by atoms with Crippen molar-refractivity contribution in [3.8, 4) is 0 Å². The highest BCUT2D eigenvalue weighted by Crippen LogP contribution is 2.24. The van der Waals surface area contributed by atoms with Crippen molar-refractivity contribution in [2.24, 2.45) is 11.8 Å². The summed E-state index contributed by atoms with van der Waals surface area (Å²) in [4.78, 5) is 14.6. The van der Waals surface area contributed by atoms with Crippen molar-refractivity contribution in [1.29, 1.82) is 0 Å². The van der Waals surface area contributed by atoms with Crippen molar-refractivity contribution in [3.63, 3.8) is 0 Å². The number of hydrogen-bond donors (Lipinski definition) is 1. The van der Waals surface area contributed by atoms with Gasteiger partial charge in [-0.3, -0.25) is 4.79 Å². The molecule has 0 saturated heterocycles. The number of nitrogens with two attached hydrogens (primary N) is 1. The van der Waals surface area contributed by atoms with E-state index < -0.39 is 0 Å². The molecule has 1 aromatic carbocycles. The number of halogens is 1. The third kappa shape index (κ3) is 5.58. The molecule has 0 radical (unpaired) electrons. The summed E-state index contributed by atoms with van der Waals surface area (Å²) in [5.74, 6) is 1.11. The molecule has 0 unspecified atom stereocenters. The Hall–Kier alpha value is -1.22. The number of amides is 1. The first-order valence-corrected chi connectivity index (χ1v) is 8.04. The molecule has 0 aromatic heterocycles. The highest BCUT2D eigenvalue weighted by molar-refractivity contribution is 6.36. The molecule has 0 aliphatic heterocycles. The molecule has 118 valence electrons. The molecule has 0 saturated carbocycles. The first kappa shape index (κ1) is 17.8. The number of carbonyl (C=O) groups excluding carboxylic acids is 1. The van der Waals surface area contributed by atoms with Crippen molar-refractivity contribution in [2.45, 2.75) is 40.5 Å². The standard InChI is InChI=1S/C17H27ClN2O/c1-12(2)8-10-20(11-9-13(3)4)17(21)14-6-5-7-15(19)16(14)18/h5-7,12-13H,8-11,19H2,1-4H3. The summed E-state index contributed by atoms with van der Waals surface area (Å²) in [5, 5.41) is 0.363. The predicted octanol–water partition coefficient (Wildman–Crippen LogP) is 4.46. The average Bonchev–Trinajstić information content (AvgIpc) is 2.40. The molecule has 0 bridgehead atoms. The van der Waals surface area contributed by atoms with E-state index in [1.165, 1.54) is 0 Å². The van der Waals surface area contributed by atoms with Crippen LogP contribution in [0, 0.1) is 11.8 Å².